The topological polar surface area (TPSA) is 162 Å². The summed E-state index contributed by atoms with van der Waals surface area (Å²) in [6, 6.07) is 3.10. The fraction of sp³-hybridized carbons (Fsp3) is 0.500. The number of nitrogens with one attached hydrogen (secondary N) is 1. The number of nitrogens with two attached hydrogens (primary N) is 1. The number of benzene rings is 1. The molecule has 1 aliphatic rings. The lowest BCUT2D eigenvalue weighted by molar-refractivity contribution is -0.203. The maximum atomic E-state index is 12.5. The number of esters is 2. The number of alkyl halides is 3. The third kappa shape index (κ3) is 7.77. The first-order valence-corrected chi connectivity index (χ1v) is 10.7. The Bertz CT molecular complexity index is 987. The van der Waals surface area contributed by atoms with E-state index in [2.05, 4.69) is 10.1 Å². The van der Waals surface area contributed by atoms with Crippen molar-refractivity contribution in [1.29, 1.82) is 0 Å². The number of phenolic OH excluding ortho intramolecular Hbond substituents is 1. The third-order valence-electron chi connectivity index (χ3n) is 5.51. The van der Waals surface area contributed by atoms with Gasteiger partial charge >= 0.3 is 18.1 Å². The smallest absolute Gasteiger partial charge is 0.491 e. The molecule has 1 atom stereocenters. The predicted molar refractivity (Wildman–Crippen MR) is 112 cm³/mol. The summed E-state index contributed by atoms with van der Waals surface area (Å²) < 4.78 is 45.6. The summed E-state index contributed by atoms with van der Waals surface area (Å²) >= 11 is 0. The number of Topliss-reactive ketones (excluding diaryl/α,β-unsaturated/α-hetero) is 2. The van der Waals surface area contributed by atoms with Gasteiger partial charge in [0.2, 0.25) is 5.91 Å². The minimum absolute atomic E-state index is 0.0908. The Morgan fingerprint density at radius 2 is 1.77 bits per heavy atom. The molecule has 1 unspecified atom stereocenters. The number of ether oxygens (including phenoxy) is 2. The number of aromatic hydroxyl groups is 1. The molecule has 0 bridgehead atoms. The van der Waals surface area contributed by atoms with Gasteiger partial charge in [0.25, 0.3) is 6.10 Å². The van der Waals surface area contributed by atoms with E-state index in [0.29, 0.717) is 25.3 Å². The third-order valence-corrected chi connectivity index (χ3v) is 5.51. The van der Waals surface area contributed by atoms with Crippen molar-refractivity contribution in [1.82, 2.24) is 5.32 Å². The van der Waals surface area contributed by atoms with E-state index in [1.807, 2.05) is 0 Å². The molecule has 192 valence electrons. The van der Waals surface area contributed by atoms with E-state index >= 15 is 0 Å². The van der Waals surface area contributed by atoms with Crippen LogP contribution in [0.4, 0.5) is 13.2 Å². The molecular formula is C22H25F3N2O8. The average molecular weight is 502 g/mol. The highest BCUT2D eigenvalue weighted by Crippen LogP contribution is 2.30. The number of phenols is 1. The van der Waals surface area contributed by atoms with Crippen LogP contribution in [0.3, 0.4) is 0 Å². The second-order valence-corrected chi connectivity index (χ2v) is 8.09. The molecule has 0 aromatic heterocycles. The maximum Gasteiger partial charge on any atom is 0.491 e. The number of halogens is 3. The first-order chi connectivity index (χ1) is 16.3. The van der Waals surface area contributed by atoms with Crippen molar-refractivity contribution in [2.24, 2.45) is 17.6 Å². The van der Waals surface area contributed by atoms with E-state index in [4.69, 9.17) is 10.5 Å². The highest BCUT2D eigenvalue weighted by molar-refractivity contribution is 6.05. The molecule has 0 heterocycles. The summed E-state index contributed by atoms with van der Waals surface area (Å²) in [4.78, 5) is 59.3. The molecule has 35 heavy (non-hydrogen) atoms. The van der Waals surface area contributed by atoms with Gasteiger partial charge in [0.15, 0.2) is 23.1 Å². The quantitative estimate of drug-likeness (QED) is 0.258. The number of hydrogen-bond donors (Lipinski definition) is 3. The number of carbonyl (C=O) groups excluding carboxylic acids is 5. The van der Waals surface area contributed by atoms with Crippen LogP contribution in [0.2, 0.25) is 0 Å². The van der Waals surface area contributed by atoms with E-state index in [-0.39, 0.29) is 17.4 Å². The monoisotopic (exact) mass is 502 g/mol. The van der Waals surface area contributed by atoms with Gasteiger partial charge in [-0.3, -0.25) is 14.4 Å². The van der Waals surface area contributed by atoms with Gasteiger partial charge in [0.05, 0.1) is 6.54 Å². The Labute approximate surface area is 197 Å². The van der Waals surface area contributed by atoms with E-state index in [1.165, 1.54) is 6.07 Å². The van der Waals surface area contributed by atoms with Crippen LogP contribution >= 0.6 is 0 Å². The van der Waals surface area contributed by atoms with E-state index in [9.17, 15) is 42.3 Å². The standard InChI is InChI=1S/C22H25F3N2O8/c1-11(28)18(20(32)35-21(33)22(23,24)25)34-17-8-14(6-7-15(17)29)16(30)10-27-19(31)13-4-2-12(9-26)3-5-13/h6-8,12-13,18,29H,2-5,9-10,26H2,1H3,(H,27,31). The van der Waals surface area contributed by atoms with Crippen molar-refractivity contribution >= 4 is 29.4 Å². The Kier molecular flexibility index (Phi) is 9.34. The highest BCUT2D eigenvalue weighted by atomic mass is 19.4. The molecule has 1 fully saturated rings. The molecule has 1 aromatic carbocycles. The lowest BCUT2D eigenvalue weighted by atomic mass is 9.81. The van der Waals surface area contributed by atoms with Gasteiger partial charge in [-0.2, -0.15) is 13.2 Å². The van der Waals surface area contributed by atoms with Crippen molar-refractivity contribution in [3.05, 3.63) is 23.8 Å². The van der Waals surface area contributed by atoms with Crippen LogP contribution in [0.15, 0.2) is 18.2 Å². The molecule has 13 heteroatoms. The predicted octanol–water partition coefficient (Wildman–Crippen LogP) is 1.42. The molecule has 0 aliphatic heterocycles. The molecule has 0 spiro atoms. The van der Waals surface area contributed by atoms with Gasteiger partial charge in [-0.1, -0.05) is 0 Å². The van der Waals surface area contributed by atoms with Gasteiger partial charge in [0, 0.05) is 11.5 Å². The first-order valence-electron chi connectivity index (χ1n) is 10.7. The number of rotatable bonds is 9. The summed E-state index contributed by atoms with van der Waals surface area (Å²) in [5.74, 6) is -7.94. The second-order valence-electron chi connectivity index (χ2n) is 8.09. The minimum Gasteiger partial charge on any atom is -0.504 e. The molecule has 1 aromatic rings. The van der Waals surface area contributed by atoms with Crippen LogP contribution in [0.1, 0.15) is 43.0 Å². The van der Waals surface area contributed by atoms with Crippen molar-refractivity contribution in [2.75, 3.05) is 13.1 Å². The van der Waals surface area contributed by atoms with Gasteiger partial charge < -0.3 is 25.6 Å². The first kappa shape index (κ1) is 27.8. The molecule has 1 aliphatic carbocycles. The SMILES string of the molecule is CC(=O)C(Oc1cc(C(=O)CNC(=O)C2CCC(CN)CC2)ccc1O)C(=O)OC(=O)C(F)(F)F. The van der Waals surface area contributed by atoms with E-state index in [1.54, 1.807) is 0 Å². The highest BCUT2D eigenvalue weighted by Gasteiger charge is 2.44. The van der Waals surface area contributed by atoms with Crippen LogP contribution < -0.4 is 15.8 Å². The second kappa shape index (κ2) is 11.8. The van der Waals surface area contributed by atoms with Gasteiger partial charge in [0.1, 0.15) is 0 Å². The summed E-state index contributed by atoms with van der Waals surface area (Å²) in [6.45, 7) is 0.948. The molecule has 10 nitrogen and oxygen atoms in total. The normalized spacial score (nSPS) is 18.8. The largest absolute Gasteiger partial charge is 0.504 e. The van der Waals surface area contributed by atoms with Crippen LogP contribution in [-0.4, -0.2) is 59.9 Å². The summed E-state index contributed by atoms with van der Waals surface area (Å²) in [7, 11) is 0. The maximum absolute atomic E-state index is 12.5. The number of carbonyl (C=O) groups is 5. The van der Waals surface area contributed by atoms with E-state index < -0.39 is 53.8 Å². The Morgan fingerprint density at radius 3 is 2.31 bits per heavy atom. The number of ketones is 2. The van der Waals surface area contributed by atoms with Crippen molar-refractivity contribution < 1.29 is 51.7 Å². The molecule has 4 N–H and O–H groups in total. The molecular weight excluding hydrogens is 477 g/mol. The van der Waals surface area contributed by atoms with Gasteiger partial charge in [-0.25, -0.2) is 9.59 Å². The average Bonchev–Trinajstić information content (AvgIpc) is 2.80. The fourth-order valence-corrected chi connectivity index (χ4v) is 3.48. The zero-order chi connectivity index (χ0) is 26.3. The zero-order valence-electron chi connectivity index (χ0n) is 18.7. The van der Waals surface area contributed by atoms with Gasteiger partial charge in [-0.05, 0) is 63.3 Å². The van der Waals surface area contributed by atoms with Crippen LogP contribution in [0, 0.1) is 11.8 Å². The van der Waals surface area contributed by atoms with Crippen molar-refractivity contribution in [3.63, 3.8) is 0 Å². The number of amides is 1. The van der Waals surface area contributed by atoms with Crippen LogP contribution in [-0.2, 0) is 23.9 Å². The van der Waals surface area contributed by atoms with Crippen LogP contribution in [0.25, 0.3) is 0 Å². The molecule has 2 rings (SSSR count). The molecule has 0 radical (unpaired) electrons. The Hall–Kier alpha value is -3.48. The Balaban J connectivity index is 2.04. The minimum atomic E-state index is -5.49. The number of hydrogen-bond acceptors (Lipinski definition) is 9. The molecule has 1 amide bonds. The fourth-order valence-electron chi connectivity index (χ4n) is 3.48. The zero-order valence-corrected chi connectivity index (χ0v) is 18.7. The summed E-state index contributed by atoms with van der Waals surface area (Å²) in [5, 5.41) is 12.5. The molecule has 1 saturated carbocycles. The Morgan fingerprint density at radius 1 is 1.14 bits per heavy atom. The van der Waals surface area contributed by atoms with Crippen LogP contribution in [0.5, 0.6) is 11.5 Å². The lowest BCUT2D eigenvalue weighted by Gasteiger charge is -2.26. The summed E-state index contributed by atoms with van der Waals surface area (Å²) in [6.07, 6.45) is -4.87. The summed E-state index contributed by atoms with van der Waals surface area (Å²) in [5.41, 5.74) is 5.54. The van der Waals surface area contributed by atoms with Crippen molar-refractivity contribution in [2.45, 2.75) is 44.9 Å². The lowest BCUT2D eigenvalue weighted by Crippen LogP contribution is -2.39. The molecule has 0 saturated heterocycles. The van der Waals surface area contributed by atoms with Gasteiger partial charge in [-0.15, -0.1) is 0 Å². The van der Waals surface area contributed by atoms with Crippen molar-refractivity contribution in [3.8, 4) is 11.5 Å². The van der Waals surface area contributed by atoms with E-state index in [0.717, 1.165) is 31.9 Å².